The monoisotopic (exact) mass is 284 g/mol. The van der Waals surface area contributed by atoms with E-state index in [4.69, 9.17) is 15.2 Å². The third kappa shape index (κ3) is 2.68. The highest BCUT2D eigenvalue weighted by Gasteiger charge is 2.27. The summed E-state index contributed by atoms with van der Waals surface area (Å²) in [5.74, 6) is 1.32. The van der Waals surface area contributed by atoms with Gasteiger partial charge < -0.3 is 20.5 Å². The van der Waals surface area contributed by atoms with Crippen LogP contribution in [0.3, 0.4) is 0 Å². The van der Waals surface area contributed by atoms with Crippen molar-refractivity contribution in [3.8, 4) is 11.5 Å². The summed E-state index contributed by atoms with van der Waals surface area (Å²) >= 11 is 0. The molecule has 1 heterocycles. The summed E-state index contributed by atoms with van der Waals surface area (Å²) in [6.07, 6.45) is 0. The van der Waals surface area contributed by atoms with Crippen molar-refractivity contribution in [1.82, 2.24) is 0 Å². The lowest BCUT2D eigenvalue weighted by molar-refractivity contribution is -0.116. The molecule has 0 aromatic heterocycles. The van der Waals surface area contributed by atoms with Gasteiger partial charge in [0.05, 0.1) is 7.11 Å². The number of nitrogens with one attached hydrogen (secondary N) is 1. The molecule has 0 aliphatic carbocycles. The molecule has 0 saturated carbocycles. The van der Waals surface area contributed by atoms with Crippen molar-refractivity contribution in [3.63, 3.8) is 0 Å². The van der Waals surface area contributed by atoms with Gasteiger partial charge in [-0.15, -0.1) is 0 Å². The summed E-state index contributed by atoms with van der Waals surface area (Å²) < 4.78 is 10.8. The lowest BCUT2D eigenvalue weighted by Gasteiger charge is -2.09. The van der Waals surface area contributed by atoms with Crippen molar-refractivity contribution in [2.45, 2.75) is 12.6 Å². The minimum atomic E-state index is -0.587. The number of carbonyl (C=O) groups excluding carboxylic acids is 1. The number of benzene rings is 2. The second kappa shape index (κ2) is 5.46. The third-order valence-electron chi connectivity index (χ3n) is 3.46. The summed E-state index contributed by atoms with van der Waals surface area (Å²) in [6.45, 7) is 0.447. The Morgan fingerprint density at radius 3 is 2.57 bits per heavy atom. The van der Waals surface area contributed by atoms with Crippen LogP contribution in [0.15, 0.2) is 42.5 Å². The Morgan fingerprint density at radius 1 is 1.14 bits per heavy atom. The molecule has 0 fully saturated rings. The minimum absolute atomic E-state index is 0.183. The van der Waals surface area contributed by atoms with E-state index in [-0.39, 0.29) is 5.91 Å². The van der Waals surface area contributed by atoms with Gasteiger partial charge in [-0.1, -0.05) is 18.2 Å². The van der Waals surface area contributed by atoms with Gasteiger partial charge in [-0.3, -0.25) is 4.79 Å². The van der Waals surface area contributed by atoms with Crippen LogP contribution in [0.4, 0.5) is 5.69 Å². The maximum absolute atomic E-state index is 11.5. The number of hydrogen-bond donors (Lipinski definition) is 2. The van der Waals surface area contributed by atoms with Crippen molar-refractivity contribution in [3.05, 3.63) is 53.6 Å². The minimum Gasteiger partial charge on any atom is -0.497 e. The predicted octanol–water partition coefficient (Wildman–Crippen LogP) is 2.23. The van der Waals surface area contributed by atoms with Crippen molar-refractivity contribution in [2.24, 2.45) is 5.73 Å². The molecule has 21 heavy (non-hydrogen) atoms. The van der Waals surface area contributed by atoms with Gasteiger partial charge in [0.15, 0.2) is 0 Å². The molecule has 0 saturated heterocycles. The number of anilines is 1. The highest BCUT2D eigenvalue weighted by Crippen LogP contribution is 2.32. The zero-order valence-corrected chi connectivity index (χ0v) is 11.6. The maximum Gasteiger partial charge on any atom is 0.245 e. The molecule has 1 aliphatic rings. The fraction of sp³-hybridized carbons (Fsp3) is 0.188. The normalized spacial score (nSPS) is 16.3. The van der Waals surface area contributed by atoms with E-state index < -0.39 is 6.04 Å². The van der Waals surface area contributed by atoms with Crippen LogP contribution >= 0.6 is 0 Å². The standard InChI is InChI=1S/C16H16N2O3/c1-20-11-4-2-10(3-5-11)9-21-12-6-7-13-14(8-12)18-16(19)15(13)17/h2-8,15H,9,17H2,1H3,(H,18,19). The van der Waals surface area contributed by atoms with Crippen LogP contribution in [0.25, 0.3) is 0 Å². The van der Waals surface area contributed by atoms with Crippen molar-refractivity contribution < 1.29 is 14.3 Å². The molecule has 2 aromatic carbocycles. The molecule has 3 N–H and O–H groups in total. The second-order valence-electron chi connectivity index (χ2n) is 4.85. The van der Waals surface area contributed by atoms with Gasteiger partial charge in [-0.2, -0.15) is 0 Å². The van der Waals surface area contributed by atoms with Gasteiger partial charge in [0.1, 0.15) is 24.1 Å². The molecule has 0 spiro atoms. The Morgan fingerprint density at radius 2 is 1.86 bits per heavy atom. The van der Waals surface area contributed by atoms with Crippen LogP contribution in [0.1, 0.15) is 17.2 Å². The van der Waals surface area contributed by atoms with Crippen molar-refractivity contribution in [1.29, 1.82) is 0 Å². The number of methoxy groups -OCH3 is 1. The van der Waals surface area contributed by atoms with E-state index in [0.717, 1.165) is 22.6 Å². The summed E-state index contributed by atoms with van der Waals surface area (Å²) in [4.78, 5) is 11.5. The van der Waals surface area contributed by atoms with Gasteiger partial charge in [0.25, 0.3) is 0 Å². The molecule has 1 aliphatic heterocycles. The quantitative estimate of drug-likeness (QED) is 0.903. The van der Waals surface area contributed by atoms with E-state index in [0.29, 0.717) is 12.4 Å². The summed E-state index contributed by atoms with van der Waals surface area (Å²) in [5.41, 5.74) is 8.33. The van der Waals surface area contributed by atoms with Crippen molar-refractivity contribution >= 4 is 11.6 Å². The Balaban J connectivity index is 1.68. The number of carbonyl (C=O) groups is 1. The van der Waals surface area contributed by atoms with Gasteiger partial charge in [0, 0.05) is 17.3 Å². The summed E-state index contributed by atoms with van der Waals surface area (Å²) in [6, 6.07) is 12.5. The zero-order chi connectivity index (χ0) is 14.8. The molecule has 1 amide bonds. The number of amides is 1. The number of hydrogen-bond acceptors (Lipinski definition) is 4. The molecule has 5 heteroatoms. The van der Waals surface area contributed by atoms with Crippen LogP contribution in [0, 0.1) is 0 Å². The molecule has 5 nitrogen and oxygen atoms in total. The highest BCUT2D eigenvalue weighted by molar-refractivity contribution is 6.02. The van der Waals surface area contributed by atoms with E-state index in [1.807, 2.05) is 36.4 Å². The van der Waals surface area contributed by atoms with E-state index in [2.05, 4.69) is 5.32 Å². The first kappa shape index (κ1) is 13.5. The molecule has 1 unspecified atom stereocenters. The first-order valence-corrected chi connectivity index (χ1v) is 6.63. The van der Waals surface area contributed by atoms with E-state index in [1.54, 1.807) is 13.2 Å². The maximum atomic E-state index is 11.5. The SMILES string of the molecule is COc1ccc(COc2ccc3c(c2)NC(=O)C3N)cc1. The van der Waals surface area contributed by atoms with Crippen molar-refractivity contribution in [2.75, 3.05) is 12.4 Å². The van der Waals surface area contributed by atoms with Gasteiger partial charge >= 0.3 is 0 Å². The number of fused-ring (bicyclic) bond motifs is 1. The molecular weight excluding hydrogens is 268 g/mol. The third-order valence-corrected chi connectivity index (χ3v) is 3.46. The van der Waals surface area contributed by atoms with Gasteiger partial charge in [-0.05, 0) is 23.8 Å². The molecule has 0 bridgehead atoms. The van der Waals surface area contributed by atoms with Crippen LogP contribution in [-0.2, 0) is 11.4 Å². The molecule has 1 atom stereocenters. The Kier molecular flexibility index (Phi) is 3.50. The van der Waals surface area contributed by atoms with Gasteiger partial charge in [0.2, 0.25) is 5.91 Å². The fourth-order valence-electron chi connectivity index (χ4n) is 2.24. The lowest BCUT2D eigenvalue weighted by atomic mass is 10.1. The van der Waals surface area contributed by atoms with E-state index in [9.17, 15) is 4.79 Å². The first-order chi connectivity index (χ1) is 10.2. The average molecular weight is 284 g/mol. The average Bonchev–Trinajstić information content (AvgIpc) is 2.80. The number of ether oxygens (including phenoxy) is 2. The Hall–Kier alpha value is -2.53. The smallest absolute Gasteiger partial charge is 0.245 e. The molecule has 0 radical (unpaired) electrons. The van der Waals surface area contributed by atoms with Crippen LogP contribution < -0.4 is 20.5 Å². The fourth-order valence-corrected chi connectivity index (χ4v) is 2.24. The van der Waals surface area contributed by atoms with Crippen LogP contribution in [0.2, 0.25) is 0 Å². The first-order valence-electron chi connectivity index (χ1n) is 6.63. The molecular formula is C16H16N2O3. The van der Waals surface area contributed by atoms with Gasteiger partial charge in [-0.25, -0.2) is 0 Å². The van der Waals surface area contributed by atoms with E-state index >= 15 is 0 Å². The predicted molar refractivity (Wildman–Crippen MR) is 79.3 cm³/mol. The number of rotatable bonds is 4. The Bertz CT molecular complexity index is 668. The molecule has 108 valence electrons. The van der Waals surface area contributed by atoms with E-state index in [1.165, 1.54) is 0 Å². The Labute approximate surface area is 122 Å². The van der Waals surface area contributed by atoms with Crippen LogP contribution in [-0.4, -0.2) is 13.0 Å². The molecule has 3 rings (SSSR count). The topological polar surface area (TPSA) is 73.6 Å². The summed E-state index contributed by atoms with van der Waals surface area (Å²) in [7, 11) is 1.63. The van der Waals surface area contributed by atoms with Crippen LogP contribution in [0.5, 0.6) is 11.5 Å². The lowest BCUT2D eigenvalue weighted by Crippen LogP contribution is -2.19. The second-order valence-corrected chi connectivity index (χ2v) is 4.85. The summed E-state index contributed by atoms with van der Waals surface area (Å²) in [5, 5.41) is 2.74. The highest BCUT2D eigenvalue weighted by atomic mass is 16.5. The number of nitrogens with two attached hydrogens (primary N) is 1. The zero-order valence-electron chi connectivity index (χ0n) is 11.6. The largest absolute Gasteiger partial charge is 0.497 e. The molecule has 2 aromatic rings.